The fraction of sp³-hybridized carbons (Fsp3) is 0.125. The van der Waals surface area contributed by atoms with Gasteiger partial charge in [0.15, 0.2) is 6.61 Å². The number of anilines is 2. The van der Waals surface area contributed by atoms with Gasteiger partial charge in [0.2, 0.25) is 5.91 Å². The van der Waals surface area contributed by atoms with Gasteiger partial charge in [-0.05, 0) is 30.7 Å². The molecule has 0 atom stereocenters. The number of nitro groups is 1. The molecule has 33 heavy (non-hydrogen) atoms. The Bertz CT molecular complexity index is 1190. The molecular weight excluding hydrogens is 426 g/mol. The van der Waals surface area contributed by atoms with Crippen LogP contribution in [0, 0.1) is 17.0 Å². The number of hydrogen-bond donors (Lipinski definition) is 2. The van der Waals surface area contributed by atoms with Gasteiger partial charge in [0, 0.05) is 6.07 Å². The van der Waals surface area contributed by atoms with E-state index in [1.54, 1.807) is 18.2 Å². The summed E-state index contributed by atoms with van der Waals surface area (Å²) in [5, 5.41) is 16.2. The quantitative estimate of drug-likeness (QED) is 0.306. The van der Waals surface area contributed by atoms with Crippen LogP contribution in [-0.2, 0) is 20.7 Å². The minimum Gasteiger partial charge on any atom is -0.452 e. The van der Waals surface area contributed by atoms with Crippen LogP contribution in [0.15, 0.2) is 72.8 Å². The Hall–Kier alpha value is -4.53. The fourth-order valence-corrected chi connectivity index (χ4v) is 3.10. The Kier molecular flexibility index (Phi) is 7.48. The van der Waals surface area contributed by atoms with E-state index in [0.29, 0.717) is 0 Å². The molecule has 0 aliphatic heterocycles. The molecule has 0 fully saturated rings. The second kappa shape index (κ2) is 10.7. The topological polar surface area (TPSA) is 128 Å². The van der Waals surface area contributed by atoms with Crippen molar-refractivity contribution in [2.45, 2.75) is 13.3 Å². The van der Waals surface area contributed by atoms with Gasteiger partial charge in [-0.15, -0.1) is 0 Å². The van der Waals surface area contributed by atoms with Crippen molar-refractivity contribution in [3.8, 4) is 0 Å². The molecule has 0 aliphatic rings. The van der Waals surface area contributed by atoms with Crippen molar-refractivity contribution in [3.63, 3.8) is 0 Å². The van der Waals surface area contributed by atoms with Gasteiger partial charge in [-0.3, -0.25) is 19.7 Å². The highest BCUT2D eigenvalue weighted by molar-refractivity contribution is 6.03. The summed E-state index contributed by atoms with van der Waals surface area (Å²) >= 11 is 0. The highest BCUT2D eigenvalue weighted by Gasteiger charge is 2.18. The molecule has 2 N–H and O–H groups in total. The van der Waals surface area contributed by atoms with E-state index < -0.39 is 23.4 Å². The molecule has 0 heterocycles. The van der Waals surface area contributed by atoms with Gasteiger partial charge in [0.05, 0.1) is 33.8 Å². The van der Waals surface area contributed by atoms with Crippen LogP contribution in [0.2, 0.25) is 0 Å². The first-order valence-corrected chi connectivity index (χ1v) is 9.99. The zero-order chi connectivity index (χ0) is 23.8. The number of ether oxygens (including phenoxy) is 1. The summed E-state index contributed by atoms with van der Waals surface area (Å²) in [6, 6.07) is 19.7. The summed E-state index contributed by atoms with van der Waals surface area (Å²) in [7, 11) is 0. The molecule has 0 radical (unpaired) electrons. The average molecular weight is 447 g/mol. The second-order valence-electron chi connectivity index (χ2n) is 7.09. The van der Waals surface area contributed by atoms with Crippen LogP contribution in [-0.4, -0.2) is 29.3 Å². The third-order valence-corrected chi connectivity index (χ3v) is 4.74. The predicted octanol–water partition coefficient (Wildman–Crippen LogP) is 3.88. The summed E-state index contributed by atoms with van der Waals surface area (Å²) in [6.45, 7) is 0.904. The van der Waals surface area contributed by atoms with Crippen molar-refractivity contribution in [2.75, 3.05) is 17.2 Å². The molecule has 0 bridgehead atoms. The summed E-state index contributed by atoms with van der Waals surface area (Å²) in [4.78, 5) is 47.6. The van der Waals surface area contributed by atoms with Crippen molar-refractivity contribution in [2.24, 2.45) is 0 Å². The maximum absolute atomic E-state index is 12.5. The van der Waals surface area contributed by atoms with Crippen LogP contribution in [0.5, 0.6) is 0 Å². The molecule has 2 amide bonds. The monoisotopic (exact) mass is 447 g/mol. The number of benzene rings is 3. The average Bonchev–Trinajstić information content (AvgIpc) is 2.79. The maximum Gasteiger partial charge on any atom is 0.340 e. The molecule has 3 rings (SSSR count). The minimum atomic E-state index is -0.795. The number of rotatable bonds is 8. The molecule has 0 saturated heterocycles. The van der Waals surface area contributed by atoms with Gasteiger partial charge in [0.25, 0.3) is 11.6 Å². The van der Waals surface area contributed by atoms with E-state index in [1.807, 2.05) is 30.3 Å². The lowest BCUT2D eigenvalue weighted by molar-refractivity contribution is -0.385. The van der Waals surface area contributed by atoms with Gasteiger partial charge in [0.1, 0.15) is 0 Å². The van der Waals surface area contributed by atoms with Gasteiger partial charge < -0.3 is 15.4 Å². The Morgan fingerprint density at radius 1 is 0.848 bits per heavy atom. The Balaban J connectivity index is 1.61. The van der Waals surface area contributed by atoms with Gasteiger partial charge in [-0.2, -0.15) is 0 Å². The second-order valence-corrected chi connectivity index (χ2v) is 7.09. The number of para-hydroxylation sites is 1. The zero-order valence-electron chi connectivity index (χ0n) is 17.7. The molecule has 9 heteroatoms. The number of carbonyl (C=O) groups excluding carboxylic acids is 3. The summed E-state index contributed by atoms with van der Waals surface area (Å²) < 4.78 is 5.08. The van der Waals surface area contributed by atoms with Crippen molar-refractivity contribution in [1.29, 1.82) is 0 Å². The van der Waals surface area contributed by atoms with E-state index in [9.17, 15) is 24.5 Å². The highest BCUT2D eigenvalue weighted by Crippen LogP contribution is 2.25. The van der Waals surface area contributed by atoms with Gasteiger partial charge in [-0.25, -0.2) is 4.79 Å². The first-order chi connectivity index (χ1) is 15.8. The molecule has 168 valence electrons. The van der Waals surface area contributed by atoms with E-state index in [0.717, 1.165) is 5.56 Å². The molecular formula is C24H21N3O6. The Morgan fingerprint density at radius 3 is 2.21 bits per heavy atom. The van der Waals surface area contributed by atoms with Crippen molar-refractivity contribution >= 4 is 34.8 Å². The number of hydrogen-bond acceptors (Lipinski definition) is 6. The summed E-state index contributed by atoms with van der Waals surface area (Å²) in [6.07, 6.45) is 0.134. The predicted molar refractivity (Wildman–Crippen MR) is 122 cm³/mol. The lowest BCUT2D eigenvalue weighted by Gasteiger charge is -2.12. The van der Waals surface area contributed by atoms with Crippen molar-refractivity contribution < 1.29 is 24.0 Å². The molecule has 0 unspecified atom stereocenters. The van der Waals surface area contributed by atoms with Gasteiger partial charge in [-0.1, -0.05) is 48.5 Å². The Morgan fingerprint density at radius 2 is 1.48 bits per heavy atom. The normalized spacial score (nSPS) is 10.2. The zero-order valence-corrected chi connectivity index (χ0v) is 17.7. The van der Waals surface area contributed by atoms with Crippen LogP contribution in [0.4, 0.5) is 17.1 Å². The SMILES string of the molecule is Cc1c(NC(=O)COC(=O)c2ccccc2NC(=O)Cc2ccccc2)cccc1[N+](=O)[O-]. The largest absolute Gasteiger partial charge is 0.452 e. The van der Waals surface area contributed by atoms with Crippen LogP contribution in [0.3, 0.4) is 0 Å². The van der Waals surface area contributed by atoms with Crippen LogP contribution in [0.1, 0.15) is 21.5 Å². The lowest BCUT2D eigenvalue weighted by Crippen LogP contribution is -2.22. The molecule has 0 saturated carbocycles. The fourth-order valence-electron chi connectivity index (χ4n) is 3.10. The third-order valence-electron chi connectivity index (χ3n) is 4.74. The highest BCUT2D eigenvalue weighted by atomic mass is 16.6. The molecule has 3 aromatic rings. The summed E-state index contributed by atoms with van der Waals surface area (Å²) in [5.74, 6) is -1.76. The van der Waals surface area contributed by atoms with E-state index >= 15 is 0 Å². The smallest absolute Gasteiger partial charge is 0.340 e. The van der Waals surface area contributed by atoms with Crippen molar-refractivity contribution in [1.82, 2.24) is 0 Å². The number of nitrogens with zero attached hydrogens (tertiary/aromatic N) is 1. The van der Waals surface area contributed by atoms with E-state index in [-0.39, 0.29) is 40.5 Å². The first-order valence-electron chi connectivity index (χ1n) is 9.99. The maximum atomic E-state index is 12.5. The number of esters is 1. The molecule has 0 aliphatic carbocycles. The van der Waals surface area contributed by atoms with E-state index in [2.05, 4.69) is 10.6 Å². The van der Waals surface area contributed by atoms with E-state index in [1.165, 1.54) is 31.2 Å². The van der Waals surface area contributed by atoms with Gasteiger partial charge >= 0.3 is 5.97 Å². The summed E-state index contributed by atoms with van der Waals surface area (Å²) in [5.41, 5.74) is 1.58. The number of nitro benzene ring substituents is 1. The molecule has 3 aromatic carbocycles. The van der Waals surface area contributed by atoms with Crippen molar-refractivity contribution in [3.05, 3.63) is 99.6 Å². The Labute approximate surface area is 189 Å². The number of amides is 2. The molecule has 0 aromatic heterocycles. The van der Waals surface area contributed by atoms with E-state index in [4.69, 9.17) is 4.74 Å². The van der Waals surface area contributed by atoms with Crippen LogP contribution in [0.25, 0.3) is 0 Å². The lowest BCUT2D eigenvalue weighted by atomic mass is 10.1. The van der Waals surface area contributed by atoms with Crippen LogP contribution >= 0.6 is 0 Å². The standard InChI is InChI=1S/C24H21N3O6/c1-16-19(12-7-13-21(16)27(31)32)25-23(29)15-33-24(30)18-10-5-6-11-20(18)26-22(28)14-17-8-3-2-4-9-17/h2-13H,14-15H2,1H3,(H,25,29)(H,26,28). The molecule has 0 spiro atoms. The first kappa shape index (κ1) is 23.1. The number of carbonyl (C=O) groups is 3. The van der Waals surface area contributed by atoms with Crippen LogP contribution < -0.4 is 10.6 Å². The molecule has 9 nitrogen and oxygen atoms in total. The minimum absolute atomic E-state index is 0.0956. The number of nitrogens with one attached hydrogen (secondary N) is 2. The third kappa shape index (κ3) is 6.23.